The molecule has 5 rings (SSSR count). The highest BCUT2D eigenvalue weighted by atomic mass is 32.1. The minimum Gasteiger partial charge on any atom is -0.497 e. The second kappa shape index (κ2) is 7.61. The highest BCUT2D eigenvalue weighted by Crippen LogP contribution is 2.29. The van der Waals surface area contributed by atoms with E-state index < -0.39 is 0 Å². The maximum absolute atomic E-state index is 12.2. The van der Waals surface area contributed by atoms with Crippen LogP contribution in [0.3, 0.4) is 0 Å². The minimum atomic E-state index is -0.311. The number of thiazole rings is 1. The Morgan fingerprint density at radius 1 is 1.21 bits per heavy atom. The number of para-hydroxylation sites is 1. The van der Waals surface area contributed by atoms with E-state index in [9.17, 15) is 4.79 Å². The molecule has 2 aromatic heterocycles. The molecule has 0 radical (unpaired) electrons. The van der Waals surface area contributed by atoms with Crippen LogP contribution >= 0.6 is 11.3 Å². The highest BCUT2D eigenvalue weighted by Gasteiger charge is 2.31. The number of nitrogens with one attached hydrogen (secondary N) is 1. The van der Waals surface area contributed by atoms with E-state index in [0.717, 1.165) is 36.0 Å². The Morgan fingerprint density at radius 3 is 2.97 bits per heavy atom. The third kappa shape index (κ3) is 3.54. The highest BCUT2D eigenvalue weighted by molar-refractivity contribution is 7.18. The van der Waals surface area contributed by atoms with Crippen molar-refractivity contribution in [2.75, 3.05) is 13.7 Å². The average molecular weight is 408 g/mol. The van der Waals surface area contributed by atoms with Gasteiger partial charge in [-0.2, -0.15) is 0 Å². The van der Waals surface area contributed by atoms with Gasteiger partial charge in [-0.1, -0.05) is 12.1 Å². The van der Waals surface area contributed by atoms with Crippen molar-refractivity contribution < 1.29 is 14.1 Å². The summed E-state index contributed by atoms with van der Waals surface area (Å²) in [6.07, 6.45) is 3.55. The topological polar surface area (TPSA) is 56.8 Å². The van der Waals surface area contributed by atoms with Gasteiger partial charge in [-0.25, -0.2) is 9.78 Å². The van der Waals surface area contributed by atoms with Gasteiger partial charge in [-0.3, -0.25) is 0 Å². The Kier molecular flexibility index (Phi) is 4.81. The van der Waals surface area contributed by atoms with E-state index in [0.29, 0.717) is 17.4 Å². The fraction of sp³-hybridized carbons (Fsp3) is 0.304. The van der Waals surface area contributed by atoms with Crippen LogP contribution in [0.25, 0.3) is 21.2 Å². The monoisotopic (exact) mass is 407 g/mol. The van der Waals surface area contributed by atoms with Gasteiger partial charge in [0.2, 0.25) is 0 Å². The quantitative estimate of drug-likeness (QED) is 0.524. The zero-order valence-corrected chi connectivity index (χ0v) is 17.1. The standard InChI is InChI=1S/C23H22N2O3S/c1-27-16-9-10-17-15(12-22(26)28-20(17)13-16)14-25-11-5-4-7-19(25)23-24-18-6-2-3-8-21(18)29-23/h2-3,6,8-10,12-13,19H,4-5,7,11,14H2,1H3/p+1/t19-/m1/s1. The van der Waals surface area contributed by atoms with Gasteiger partial charge in [0, 0.05) is 29.5 Å². The molecule has 0 aliphatic carbocycles. The zero-order chi connectivity index (χ0) is 19.8. The van der Waals surface area contributed by atoms with Gasteiger partial charge >= 0.3 is 5.63 Å². The van der Waals surface area contributed by atoms with Gasteiger partial charge in [0.15, 0.2) is 5.01 Å². The summed E-state index contributed by atoms with van der Waals surface area (Å²) in [7, 11) is 1.61. The molecule has 2 aromatic carbocycles. The number of methoxy groups -OCH3 is 1. The van der Waals surface area contributed by atoms with Crippen LogP contribution < -0.4 is 15.3 Å². The summed E-state index contributed by atoms with van der Waals surface area (Å²) in [6, 6.07) is 16.0. The molecule has 3 heterocycles. The number of rotatable bonds is 4. The molecular weight excluding hydrogens is 384 g/mol. The molecule has 1 aliphatic heterocycles. The Labute approximate surface area is 172 Å². The van der Waals surface area contributed by atoms with Crippen molar-refractivity contribution in [3.8, 4) is 5.75 Å². The molecule has 6 heteroatoms. The first-order chi connectivity index (χ1) is 14.2. The smallest absolute Gasteiger partial charge is 0.336 e. The molecule has 0 spiro atoms. The number of fused-ring (bicyclic) bond motifs is 2. The van der Waals surface area contributed by atoms with Crippen molar-refractivity contribution in [2.24, 2.45) is 0 Å². The van der Waals surface area contributed by atoms with Crippen LogP contribution in [0.15, 0.2) is 57.7 Å². The molecule has 1 N–H and O–H groups in total. The van der Waals surface area contributed by atoms with Gasteiger partial charge in [-0.05, 0) is 37.1 Å². The second-order valence-electron chi connectivity index (χ2n) is 7.61. The Morgan fingerprint density at radius 2 is 2.10 bits per heavy atom. The van der Waals surface area contributed by atoms with Crippen LogP contribution in [0.1, 0.15) is 35.9 Å². The van der Waals surface area contributed by atoms with Gasteiger partial charge in [0.25, 0.3) is 0 Å². The molecule has 148 valence electrons. The normalized spacial score (nSPS) is 19.6. The van der Waals surface area contributed by atoms with E-state index >= 15 is 0 Å². The Balaban J connectivity index is 1.51. The Bertz CT molecular complexity index is 1200. The first-order valence-electron chi connectivity index (χ1n) is 10.0. The van der Waals surface area contributed by atoms with Crippen molar-refractivity contribution >= 4 is 32.5 Å². The number of piperidine rings is 1. The predicted molar refractivity (Wildman–Crippen MR) is 115 cm³/mol. The van der Waals surface area contributed by atoms with Crippen molar-refractivity contribution in [1.82, 2.24) is 4.98 Å². The van der Waals surface area contributed by atoms with E-state index in [4.69, 9.17) is 14.1 Å². The van der Waals surface area contributed by atoms with Crippen LogP contribution in [0.4, 0.5) is 0 Å². The second-order valence-corrected chi connectivity index (χ2v) is 8.67. The fourth-order valence-electron chi connectivity index (χ4n) is 4.36. The number of likely N-dealkylation sites (tertiary alicyclic amines) is 1. The van der Waals surface area contributed by atoms with Crippen molar-refractivity contribution in [3.63, 3.8) is 0 Å². The summed E-state index contributed by atoms with van der Waals surface area (Å²) in [4.78, 5) is 18.6. The molecule has 1 fully saturated rings. The van der Waals surface area contributed by atoms with Gasteiger partial charge < -0.3 is 14.1 Å². The summed E-state index contributed by atoms with van der Waals surface area (Å²) in [5, 5.41) is 2.18. The van der Waals surface area contributed by atoms with Crippen LogP contribution in [0, 0.1) is 0 Å². The van der Waals surface area contributed by atoms with E-state index in [1.165, 1.54) is 27.4 Å². The number of nitrogens with zero attached hydrogens (tertiary/aromatic N) is 1. The predicted octanol–water partition coefficient (Wildman–Crippen LogP) is 3.72. The molecule has 0 bridgehead atoms. The molecule has 5 nitrogen and oxygen atoms in total. The van der Waals surface area contributed by atoms with E-state index in [1.807, 2.05) is 18.2 Å². The minimum absolute atomic E-state index is 0.311. The van der Waals surface area contributed by atoms with Gasteiger partial charge in [0.05, 0.1) is 23.9 Å². The zero-order valence-electron chi connectivity index (χ0n) is 16.3. The molecule has 1 saturated heterocycles. The third-order valence-corrected chi connectivity index (χ3v) is 6.95. The molecular formula is C23H23N2O3S+. The van der Waals surface area contributed by atoms with Crippen LogP contribution in [-0.4, -0.2) is 18.6 Å². The average Bonchev–Trinajstić information content (AvgIpc) is 3.17. The lowest BCUT2D eigenvalue weighted by atomic mass is 10.0. The fourth-order valence-corrected chi connectivity index (χ4v) is 5.52. The summed E-state index contributed by atoms with van der Waals surface area (Å²) in [6.45, 7) is 1.87. The lowest BCUT2D eigenvalue weighted by Gasteiger charge is -2.31. The molecule has 2 atom stereocenters. The van der Waals surface area contributed by atoms with E-state index in [1.54, 1.807) is 30.6 Å². The number of hydrogen-bond acceptors (Lipinski definition) is 5. The number of ether oxygens (including phenoxy) is 1. The van der Waals surface area contributed by atoms with Gasteiger partial charge in [-0.15, -0.1) is 11.3 Å². The van der Waals surface area contributed by atoms with Crippen LogP contribution in [0.2, 0.25) is 0 Å². The van der Waals surface area contributed by atoms with Crippen molar-refractivity contribution in [3.05, 3.63) is 69.5 Å². The molecule has 29 heavy (non-hydrogen) atoms. The SMILES string of the molecule is COc1ccc2c(C[NH+]3CCCC[C@@H]3c3nc4ccccc4s3)cc(=O)oc2c1. The number of quaternary nitrogens is 1. The summed E-state index contributed by atoms with van der Waals surface area (Å²) in [5.74, 6) is 0.690. The largest absolute Gasteiger partial charge is 0.497 e. The van der Waals surface area contributed by atoms with E-state index in [2.05, 4.69) is 18.2 Å². The number of hydrogen-bond donors (Lipinski definition) is 1. The van der Waals surface area contributed by atoms with Crippen LogP contribution in [-0.2, 0) is 6.54 Å². The lowest BCUT2D eigenvalue weighted by Crippen LogP contribution is -3.11. The van der Waals surface area contributed by atoms with Crippen molar-refractivity contribution in [2.45, 2.75) is 31.8 Å². The third-order valence-electron chi connectivity index (χ3n) is 5.80. The maximum atomic E-state index is 12.2. The molecule has 0 amide bonds. The number of aromatic nitrogens is 1. The van der Waals surface area contributed by atoms with Gasteiger partial charge in [0.1, 0.15) is 23.9 Å². The first-order valence-corrected chi connectivity index (χ1v) is 10.8. The summed E-state index contributed by atoms with van der Waals surface area (Å²) in [5.41, 5.74) is 2.38. The molecule has 1 unspecified atom stereocenters. The molecule has 0 saturated carbocycles. The Hall–Kier alpha value is -2.70. The molecule has 1 aliphatic rings. The van der Waals surface area contributed by atoms with Crippen LogP contribution in [0.5, 0.6) is 5.75 Å². The van der Waals surface area contributed by atoms with Crippen molar-refractivity contribution in [1.29, 1.82) is 0 Å². The summed E-state index contributed by atoms with van der Waals surface area (Å²) < 4.78 is 12.0. The molecule has 4 aromatic rings. The van der Waals surface area contributed by atoms with E-state index in [-0.39, 0.29) is 5.63 Å². The number of benzene rings is 2. The summed E-state index contributed by atoms with van der Waals surface area (Å²) >= 11 is 1.80. The maximum Gasteiger partial charge on any atom is 0.336 e. The lowest BCUT2D eigenvalue weighted by molar-refractivity contribution is -0.950. The first kappa shape index (κ1) is 18.3.